The maximum atomic E-state index is 12.9. The molecular formula is C77H114O6. The number of hydrogen-bond donors (Lipinski definition) is 0. The van der Waals surface area contributed by atoms with Crippen LogP contribution in [-0.4, -0.2) is 37.2 Å². The molecule has 0 fully saturated rings. The van der Waals surface area contributed by atoms with Gasteiger partial charge in [-0.1, -0.05) is 278 Å². The monoisotopic (exact) mass is 1130 g/mol. The van der Waals surface area contributed by atoms with Crippen molar-refractivity contribution in [3.63, 3.8) is 0 Å². The highest BCUT2D eigenvalue weighted by Gasteiger charge is 2.19. The second-order valence-corrected chi connectivity index (χ2v) is 20.2. The lowest BCUT2D eigenvalue weighted by molar-refractivity contribution is -0.166. The molecule has 0 radical (unpaired) electrons. The molecule has 0 heterocycles. The number of hydrogen-bond acceptors (Lipinski definition) is 6. The SMILES string of the molecule is CC/C=C\C/C=C\C/C=C\C/C=C\C/C=C\C/C=C\C/C=C\C/C=C\CCCCCCCCCCC(=O)OCC(COC(=O)C/C=C\C/C=C\C/C=C\C/C=C\C/C=C\CC)OC(=O)CCC/C=C\C/C=C\C/C=C\C/C=C\C/C=C\CC. The summed E-state index contributed by atoms with van der Waals surface area (Å²) in [5.74, 6) is -1.16. The molecule has 0 aromatic heterocycles. The van der Waals surface area contributed by atoms with Gasteiger partial charge in [-0.15, -0.1) is 0 Å². The number of carbonyl (C=O) groups is 3. The topological polar surface area (TPSA) is 78.9 Å². The molecule has 0 saturated heterocycles. The van der Waals surface area contributed by atoms with Gasteiger partial charge in [0.25, 0.3) is 0 Å². The predicted molar refractivity (Wildman–Crippen MR) is 361 cm³/mol. The summed E-state index contributed by atoms with van der Waals surface area (Å²) in [6.45, 7) is 6.13. The fourth-order valence-electron chi connectivity index (χ4n) is 7.80. The maximum Gasteiger partial charge on any atom is 0.309 e. The van der Waals surface area contributed by atoms with E-state index in [1.807, 2.05) is 6.08 Å². The average Bonchev–Trinajstić information content (AvgIpc) is 3.49. The summed E-state index contributed by atoms with van der Waals surface area (Å²) >= 11 is 0. The van der Waals surface area contributed by atoms with E-state index < -0.39 is 18.0 Å². The van der Waals surface area contributed by atoms with Crippen LogP contribution in [0.3, 0.4) is 0 Å². The summed E-state index contributed by atoms with van der Waals surface area (Å²) in [4.78, 5) is 38.2. The summed E-state index contributed by atoms with van der Waals surface area (Å²) in [6.07, 6.45) is 107. The molecule has 458 valence electrons. The van der Waals surface area contributed by atoms with Crippen LogP contribution in [0.25, 0.3) is 0 Å². The minimum atomic E-state index is -0.866. The molecule has 0 aromatic rings. The Balaban J connectivity index is 4.47. The molecule has 0 saturated carbocycles. The molecule has 1 unspecified atom stereocenters. The Morgan fingerprint density at radius 3 is 0.819 bits per heavy atom. The van der Waals surface area contributed by atoms with Gasteiger partial charge in [0.2, 0.25) is 0 Å². The van der Waals surface area contributed by atoms with E-state index in [0.717, 1.165) is 148 Å². The third kappa shape index (κ3) is 66.4. The molecule has 0 aliphatic rings. The smallest absolute Gasteiger partial charge is 0.309 e. The van der Waals surface area contributed by atoms with Gasteiger partial charge in [0.1, 0.15) is 13.2 Å². The summed E-state index contributed by atoms with van der Waals surface area (Å²) in [6, 6.07) is 0. The van der Waals surface area contributed by atoms with Gasteiger partial charge in [-0.25, -0.2) is 0 Å². The summed E-state index contributed by atoms with van der Waals surface area (Å²) in [5, 5.41) is 0. The third-order valence-electron chi connectivity index (χ3n) is 12.5. The number of ether oxygens (including phenoxy) is 3. The van der Waals surface area contributed by atoms with Crippen molar-refractivity contribution in [3.8, 4) is 0 Å². The fourth-order valence-corrected chi connectivity index (χ4v) is 7.80. The zero-order chi connectivity index (χ0) is 59.9. The van der Waals surface area contributed by atoms with Crippen LogP contribution in [-0.2, 0) is 28.6 Å². The number of esters is 3. The molecule has 83 heavy (non-hydrogen) atoms. The zero-order valence-corrected chi connectivity index (χ0v) is 52.4. The molecule has 1 atom stereocenters. The van der Waals surface area contributed by atoms with E-state index in [1.54, 1.807) is 6.08 Å². The Kier molecular flexibility index (Phi) is 63.1. The van der Waals surface area contributed by atoms with Gasteiger partial charge in [-0.05, 0) is 148 Å². The highest BCUT2D eigenvalue weighted by Crippen LogP contribution is 2.13. The molecular weight excluding hydrogens is 1020 g/mol. The lowest BCUT2D eigenvalue weighted by Crippen LogP contribution is -2.30. The van der Waals surface area contributed by atoms with E-state index in [0.29, 0.717) is 19.3 Å². The van der Waals surface area contributed by atoms with Crippen molar-refractivity contribution in [1.82, 2.24) is 0 Å². The van der Waals surface area contributed by atoms with E-state index in [1.165, 1.54) is 25.7 Å². The molecule has 0 aliphatic carbocycles. The van der Waals surface area contributed by atoms with Crippen LogP contribution in [0.2, 0.25) is 0 Å². The molecule has 0 aromatic carbocycles. The zero-order valence-electron chi connectivity index (χ0n) is 52.4. The molecule has 0 spiro atoms. The molecule has 0 N–H and O–H groups in total. The largest absolute Gasteiger partial charge is 0.462 e. The van der Waals surface area contributed by atoms with Crippen LogP contribution >= 0.6 is 0 Å². The van der Waals surface area contributed by atoms with E-state index in [-0.39, 0.29) is 32.0 Å². The first-order valence-corrected chi connectivity index (χ1v) is 32.2. The van der Waals surface area contributed by atoms with E-state index in [2.05, 4.69) is 227 Å². The number of carbonyl (C=O) groups excluding carboxylic acids is 3. The lowest BCUT2D eigenvalue weighted by Gasteiger charge is -2.18. The van der Waals surface area contributed by atoms with Crippen molar-refractivity contribution < 1.29 is 28.6 Å². The lowest BCUT2D eigenvalue weighted by atomic mass is 10.1. The first-order valence-electron chi connectivity index (χ1n) is 32.2. The van der Waals surface area contributed by atoms with Gasteiger partial charge >= 0.3 is 17.9 Å². The van der Waals surface area contributed by atoms with Gasteiger partial charge < -0.3 is 14.2 Å². The van der Waals surface area contributed by atoms with Crippen LogP contribution in [0.15, 0.2) is 219 Å². The Morgan fingerprint density at radius 2 is 0.494 bits per heavy atom. The van der Waals surface area contributed by atoms with Crippen LogP contribution in [0, 0.1) is 0 Å². The molecule has 6 heteroatoms. The summed E-state index contributed by atoms with van der Waals surface area (Å²) < 4.78 is 16.7. The fraction of sp³-hybridized carbons (Fsp3) is 0.494. The third-order valence-corrected chi connectivity index (χ3v) is 12.5. The Labute approximate surface area is 508 Å². The first-order chi connectivity index (χ1) is 41.0. The van der Waals surface area contributed by atoms with Gasteiger partial charge in [0.15, 0.2) is 6.10 Å². The standard InChI is InChI=1S/C77H114O6/c1-4-7-10-13-16-19-22-25-28-30-31-32-33-34-35-36-37-38-39-40-41-42-43-44-45-47-49-52-55-58-61-64-67-70-76(79)82-73-74(72-81-75(78)69-66-63-60-57-54-51-48-27-24-21-18-15-12-9-6-3)83-77(80)71-68-65-62-59-56-53-50-46-29-26-23-20-17-14-11-8-5-2/h7-12,16-21,25-29,31-32,34-35,37-38,40-41,43-44,48,50,53-54,57,59,62-63,66,74H,4-6,13-15,22-24,30,33,36,39,42,45-47,49,51-52,55-56,58,60-61,64-65,67-73H2,1-3H3/b10-7-,11-8-,12-9-,19-16-,20-17-,21-18-,28-25-,29-26-,32-31-,35-34-,38-37-,41-40-,44-43-,48-27-,53-50-,57-54-,62-59-,66-63-. The second-order valence-electron chi connectivity index (χ2n) is 20.2. The van der Waals surface area contributed by atoms with Crippen molar-refractivity contribution in [2.45, 2.75) is 232 Å². The quantitative estimate of drug-likeness (QED) is 0.0261. The normalized spacial score (nSPS) is 13.6. The van der Waals surface area contributed by atoms with E-state index in [4.69, 9.17) is 14.2 Å². The molecule has 0 rings (SSSR count). The van der Waals surface area contributed by atoms with Crippen LogP contribution in [0.4, 0.5) is 0 Å². The van der Waals surface area contributed by atoms with Crippen LogP contribution in [0.1, 0.15) is 226 Å². The predicted octanol–water partition coefficient (Wildman–Crippen LogP) is 22.5. The van der Waals surface area contributed by atoms with Crippen molar-refractivity contribution >= 4 is 17.9 Å². The number of allylic oxidation sites excluding steroid dienone is 35. The van der Waals surface area contributed by atoms with Gasteiger partial charge in [0, 0.05) is 12.8 Å². The van der Waals surface area contributed by atoms with E-state index in [9.17, 15) is 14.4 Å². The van der Waals surface area contributed by atoms with Crippen molar-refractivity contribution in [1.29, 1.82) is 0 Å². The second kappa shape index (κ2) is 68.2. The minimum Gasteiger partial charge on any atom is -0.462 e. The Bertz CT molecular complexity index is 2080. The molecule has 0 bridgehead atoms. The minimum absolute atomic E-state index is 0.101. The van der Waals surface area contributed by atoms with Crippen molar-refractivity contribution in [2.75, 3.05) is 13.2 Å². The number of rotatable bonds is 55. The average molecular weight is 1140 g/mol. The molecule has 0 aliphatic heterocycles. The van der Waals surface area contributed by atoms with Gasteiger partial charge in [0.05, 0.1) is 6.42 Å². The maximum absolute atomic E-state index is 12.9. The molecule has 0 amide bonds. The van der Waals surface area contributed by atoms with Gasteiger partial charge in [-0.3, -0.25) is 14.4 Å². The number of unbranched alkanes of at least 4 members (excludes halogenated alkanes) is 9. The highest BCUT2D eigenvalue weighted by atomic mass is 16.6. The van der Waals surface area contributed by atoms with Crippen LogP contribution in [0.5, 0.6) is 0 Å². The first kappa shape index (κ1) is 76.7. The summed E-state index contributed by atoms with van der Waals surface area (Å²) in [5.41, 5.74) is 0. The van der Waals surface area contributed by atoms with Crippen LogP contribution < -0.4 is 0 Å². The van der Waals surface area contributed by atoms with Crippen molar-refractivity contribution in [3.05, 3.63) is 219 Å². The summed E-state index contributed by atoms with van der Waals surface area (Å²) in [7, 11) is 0. The van der Waals surface area contributed by atoms with Gasteiger partial charge in [-0.2, -0.15) is 0 Å². The van der Waals surface area contributed by atoms with E-state index >= 15 is 0 Å². The molecule has 6 nitrogen and oxygen atoms in total. The highest BCUT2D eigenvalue weighted by molar-refractivity contribution is 5.72. The van der Waals surface area contributed by atoms with Crippen molar-refractivity contribution in [2.24, 2.45) is 0 Å². The Hall–Kier alpha value is -6.27. The Morgan fingerprint density at radius 1 is 0.253 bits per heavy atom.